The zero-order chi connectivity index (χ0) is 24.8. The third kappa shape index (κ3) is 7.48. The van der Waals surface area contributed by atoms with Gasteiger partial charge in [0.25, 0.3) is 5.91 Å². The van der Waals surface area contributed by atoms with Crippen LogP contribution < -0.4 is 20.7 Å². The third-order valence-electron chi connectivity index (χ3n) is 4.46. The van der Waals surface area contributed by atoms with Crippen molar-refractivity contribution in [2.75, 3.05) is 17.7 Å². The molecule has 0 aliphatic carbocycles. The highest BCUT2D eigenvalue weighted by Gasteiger charge is 2.26. The minimum absolute atomic E-state index is 0.152. The van der Waals surface area contributed by atoms with Crippen LogP contribution in [0.3, 0.4) is 0 Å². The van der Waals surface area contributed by atoms with Crippen molar-refractivity contribution in [3.63, 3.8) is 0 Å². The molecule has 3 N–H and O–H groups in total. The lowest BCUT2D eigenvalue weighted by atomic mass is 10.0. The quantitative estimate of drug-likeness (QED) is 0.562. The van der Waals surface area contributed by atoms with Gasteiger partial charge in [0.1, 0.15) is 23.2 Å². The average Bonchev–Trinajstić information content (AvgIpc) is 2.72. The molecule has 0 heterocycles. The highest BCUT2D eigenvalue weighted by atomic mass is 19.1. The SMILES string of the molecule is COc1ccccc1C(=O)NC(C(=O)Nc1ccc(F)c(NC(=O)OC(C)(C)C)c1)C(C)C. The van der Waals surface area contributed by atoms with E-state index in [2.05, 4.69) is 16.0 Å². The predicted molar refractivity (Wildman–Crippen MR) is 124 cm³/mol. The number of rotatable bonds is 7. The fourth-order valence-electron chi connectivity index (χ4n) is 2.92. The van der Waals surface area contributed by atoms with Gasteiger partial charge in [-0.25, -0.2) is 9.18 Å². The van der Waals surface area contributed by atoms with Crippen LogP contribution in [-0.4, -0.2) is 36.7 Å². The second kappa shape index (κ2) is 10.8. The summed E-state index contributed by atoms with van der Waals surface area (Å²) in [5.74, 6) is -1.52. The summed E-state index contributed by atoms with van der Waals surface area (Å²) in [5.41, 5.74) is -0.369. The van der Waals surface area contributed by atoms with E-state index in [1.807, 2.05) is 0 Å². The summed E-state index contributed by atoms with van der Waals surface area (Å²) in [5, 5.41) is 7.70. The smallest absolute Gasteiger partial charge is 0.412 e. The normalized spacial score (nSPS) is 12.0. The molecule has 33 heavy (non-hydrogen) atoms. The van der Waals surface area contributed by atoms with Gasteiger partial charge in [0.2, 0.25) is 5.91 Å². The Hall–Kier alpha value is -3.62. The fourth-order valence-corrected chi connectivity index (χ4v) is 2.92. The van der Waals surface area contributed by atoms with Crippen molar-refractivity contribution in [3.05, 3.63) is 53.8 Å². The lowest BCUT2D eigenvalue weighted by Crippen LogP contribution is -2.47. The summed E-state index contributed by atoms with van der Waals surface area (Å²) in [6.07, 6.45) is -0.825. The molecule has 0 aliphatic rings. The van der Waals surface area contributed by atoms with Crippen molar-refractivity contribution >= 4 is 29.3 Å². The van der Waals surface area contributed by atoms with E-state index in [9.17, 15) is 18.8 Å². The Morgan fingerprint density at radius 2 is 1.67 bits per heavy atom. The molecule has 0 saturated heterocycles. The Labute approximate surface area is 192 Å². The summed E-state index contributed by atoms with van der Waals surface area (Å²) in [6.45, 7) is 8.63. The van der Waals surface area contributed by atoms with E-state index < -0.39 is 35.4 Å². The van der Waals surface area contributed by atoms with Crippen molar-refractivity contribution in [1.29, 1.82) is 0 Å². The van der Waals surface area contributed by atoms with E-state index in [0.717, 1.165) is 6.07 Å². The first kappa shape index (κ1) is 25.6. The van der Waals surface area contributed by atoms with E-state index >= 15 is 0 Å². The summed E-state index contributed by atoms with van der Waals surface area (Å²) in [6, 6.07) is 9.53. The number of carbonyl (C=O) groups is 3. The molecule has 0 saturated carbocycles. The maximum Gasteiger partial charge on any atom is 0.412 e. The molecule has 0 spiro atoms. The number of hydrogen-bond acceptors (Lipinski definition) is 5. The molecule has 9 heteroatoms. The molecule has 3 amide bonds. The zero-order valence-corrected chi connectivity index (χ0v) is 19.6. The largest absolute Gasteiger partial charge is 0.496 e. The second-order valence-corrected chi connectivity index (χ2v) is 8.71. The number of halogens is 1. The summed E-state index contributed by atoms with van der Waals surface area (Å²) in [4.78, 5) is 37.6. The molecule has 2 rings (SSSR count). The number of carbonyl (C=O) groups excluding carboxylic acids is 3. The van der Waals surface area contributed by atoms with Crippen LogP contribution in [0.2, 0.25) is 0 Å². The van der Waals surface area contributed by atoms with Crippen LogP contribution in [0.25, 0.3) is 0 Å². The number of methoxy groups -OCH3 is 1. The van der Waals surface area contributed by atoms with Crippen LogP contribution in [0.4, 0.5) is 20.6 Å². The highest BCUT2D eigenvalue weighted by molar-refractivity contribution is 6.02. The molecule has 0 fully saturated rings. The van der Waals surface area contributed by atoms with Crippen LogP contribution in [0.15, 0.2) is 42.5 Å². The molecule has 0 aliphatic heterocycles. The number of anilines is 2. The lowest BCUT2D eigenvalue weighted by molar-refractivity contribution is -0.118. The van der Waals surface area contributed by atoms with Crippen molar-refractivity contribution in [2.24, 2.45) is 5.92 Å². The maximum atomic E-state index is 14.2. The van der Waals surface area contributed by atoms with Gasteiger partial charge in [-0.3, -0.25) is 14.9 Å². The Bertz CT molecular complexity index is 1020. The lowest BCUT2D eigenvalue weighted by Gasteiger charge is -2.22. The van der Waals surface area contributed by atoms with Gasteiger partial charge in [0.15, 0.2) is 0 Å². The van der Waals surface area contributed by atoms with E-state index in [0.29, 0.717) is 11.3 Å². The van der Waals surface area contributed by atoms with E-state index in [4.69, 9.17) is 9.47 Å². The first-order chi connectivity index (χ1) is 15.4. The Morgan fingerprint density at radius 3 is 2.27 bits per heavy atom. The van der Waals surface area contributed by atoms with E-state index in [-0.39, 0.29) is 17.3 Å². The van der Waals surface area contributed by atoms with Crippen LogP contribution in [0.1, 0.15) is 45.0 Å². The van der Waals surface area contributed by atoms with Crippen LogP contribution >= 0.6 is 0 Å². The second-order valence-electron chi connectivity index (χ2n) is 8.71. The molecule has 0 bridgehead atoms. The molecule has 178 valence electrons. The van der Waals surface area contributed by atoms with E-state index in [1.165, 1.54) is 19.2 Å². The molecule has 1 unspecified atom stereocenters. The van der Waals surface area contributed by atoms with Gasteiger partial charge in [-0.2, -0.15) is 0 Å². The maximum absolute atomic E-state index is 14.2. The van der Waals surface area contributed by atoms with Gasteiger partial charge in [-0.1, -0.05) is 26.0 Å². The summed E-state index contributed by atoms with van der Waals surface area (Å²) < 4.78 is 24.5. The van der Waals surface area contributed by atoms with Gasteiger partial charge < -0.3 is 20.1 Å². The first-order valence-electron chi connectivity index (χ1n) is 10.5. The molecule has 1 atom stereocenters. The Balaban J connectivity index is 2.15. The van der Waals surface area contributed by atoms with Gasteiger partial charge in [0.05, 0.1) is 18.4 Å². The Morgan fingerprint density at radius 1 is 1.00 bits per heavy atom. The number of hydrogen-bond donors (Lipinski definition) is 3. The molecular weight excluding hydrogens is 429 g/mol. The number of para-hydroxylation sites is 1. The monoisotopic (exact) mass is 459 g/mol. The number of amides is 3. The van der Waals surface area contributed by atoms with Crippen LogP contribution in [-0.2, 0) is 9.53 Å². The zero-order valence-electron chi connectivity index (χ0n) is 19.6. The minimum Gasteiger partial charge on any atom is -0.496 e. The van der Waals surface area contributed by atoms with Gasteiger partial charge in [-0.15, -0.1) is 0 Å². The molecule has 0 radical (unpaired) electrons. The summed E-state index contributed by atoms with van der Waals surface area (Å²) in [7, 11) is 1.45. The molecule has 2 aromatic carbocycles. The van der Waals surface area contributed by atoms with Crippen molar-refractivity contribution in [3.8, 4) is 5.75 Å². The van der Waals surface area contributed by atoms with Crippen molar-refractivity contribution in [1.82, 2.24) is 5.32 Å². The fraction of sp³-hybridized carbons (Fsp3) is 0.375. The third-order valence-corrected chi connectivity index (χ3v) is 4.46. The van der Waals surface area contributed by atoms with Crippen molar-refractivity contribution < 1.29 is 28.2 Å². The van der Waals surface area contributed by atoms with E-state index in [1.54, 1.807) is 58.9 Å². The van der Waals surface area contributed by atoms with Gasteiger partial charge >= 0.3 is 6.09 Å². The van der Waals surface area contributed by atoms with Gasteiger partial charge in [0, 0.05) is 5.69 Å². The standard InChI is InChI=1S/C24H30FN3O5/c1-14(2)20(28-21(29)16-9-7-8-10-19(16)32-6)22(30)26-15-11-12-17(25)18(13-15)27-23(31)33-24(3,4)5/h7-14,20H,1-6H3,(H,26,30)(H,27,31)(H,28,29). The highest BCUT2D eigenvalue weighted by Crippen LogP contribution is 2.22. The van der Waals surface area contributed by atoms with Gasteiger partial charge in [-0.05, 0) is 57.0 Å². The predicted octanol–water partition coefficient (Wildman–Crippen LogP) is 4.57. The van der Waals surface area contributed by atoms with Crippen molar-refractivity contribution in [2.45, 2.75) is 46.3 Å². The molecule has 2 aromatic rings. The molecule has 0 aromatic heterocycles. The number of nitrogens with one attached hydrogen (secondary N) is 3. The minimum atomic E-state index is -0.880. The number of ether oxygens (including phenoxy) is 2. The van der Waals surface area contributed by atoms with Crippen LogP contribution in [0.5, 0.6) is 5.75 Å². The first-order valence-corrected chi connectivity index (χ1v) is 10.5. The number of benzene rings is 2. The molecular formula is C24H30FN3O5. The topological polar surface area (TPSA) is 106 Å². The average molecular weight is 460 g/mol. The molecule has 8 nitrogen and oxygen atoms in total. The summed E-state index contributed by atoms with van der Waals surface area (Å²) >= 11 is 0. The van der Waals surface area contributed by atoms with Crippen LogP contribution in [0, 0.1) is 11.7 Å². The Kier molecular flexibility index (Phi) is 8.39.